The molecule has 2 heterocycles. The van der Waals surface area contributed by atoms with Crippen LogP contribution >= 0.6 is 11.6 Å². The van der Waals surface area contributed by atoms with Gasteiger partial charge in [-0.3, -0.25) is 14.9 Å². The topological polar surface area (TPSA) is 124 Å². The number of halogens is 1. The minimum absolute atomic E-state index is 0.00865. The van der Waals surface area contributed by atoms with E-state index >= 15 is 0 Å². The Hall–Kier alpha value is -2.73. The van der Waals surface area contributed by atoms with Crippen molar-refractivity contribution in [1.82, 2.24) is 9.21 Å². The summed E-state index contributed by atoms with van der Waals surface area (Å²) in [6, 6.07) is 10.9. The molecule has 1 amide bonds. The van der Waals surface area contributed by atoms with Crippen molar-refractivity contribution in [3.63, 3.8) is 0 Å². The zero-order valence-corrected chi connectivity index (χ0v) is 19.2. The Balaban J connectivity index is 1.45. The van der Waals surface area contributed by atoms with Crippen molar-refractivity contribution in [3.05, 3.63) is 63.7 Å². The van der Waals surface area contributed by atoms with Crippen LogP contribution in [0.15, 0.2) is 53.4 Å². The van der Waals surface area contributed by atoms with Crippen molar-refractivity contribution < 1.29 is 23.2 Å². The number of benzene rings is 2. The molecule has 2 saturated heterocycles. The van der Waals surface area contributed by atoms with Crippen LogP contribution in [0.5, 0.6) is 0 Å². The zero-order valence-electron chi connectivity index (χ0n) is 17.6. The number of β-amino-alcohol motifs (C(OH)–C–C–N with tert-alkyl or cyclic N) is 1. The molecule has 176 valence electrons. The van der Waals surface area contributed by atoms with E-state index in [1.165, 1.54) is 36.4 Å². The van der Waals surface area contributed by atoms with E-state index in [0.29, 0.717) is 31.2 Å². The molecule has 4 rings (SSSR count). The molecule has 10 nitrogen and oxygen atoms in total. The summed E-state index contributed by atoms with van der Waals surface area (Å²) in [5.41, 5.74) is 0.824. The van der Waals surface area contributed by atoms with Crippen LogP contribution in [0, 0.1) is 10.1 Å². The SMILES string of the molecule is O=C([C@@H]1C[C@H](O)CN1S(=O)(=O)c1ccc(Cl)cc1)N1CCN(c2ccc([N+](=O)[O-])cc2)CC1. The number of carbonyl (C=O) groups excluding carboxylic acids is 1. The molecule has 2 fully saturated rings. The molecule has 0 saturated carbocycles. The quantitative estimate of drug-likeness (QED) is 0.495. The maximum atomic E-state index is 13.2. The molecule has 0 aliphatic carbocycles. The van der Waals surface area contributed by atoms with Gasteiger partial charge < -0.3 is 14.9 Å². The summed E-state index contributed by atoms with van der Waals surface area (Å²) in [6.07, 6.45) is -0.892. The van der Waals surface area contributed by atoms with E-state index in [1.54, 1.807) is 17.0 Å². The molecule has 2 aliphatic heterocycles. The first-order chi connectivity index (χ1) is 15.7. The van der Waals surface area contributed by atoms with Gasteiger partial charge in [-0.2, -0.15) is 4.31 Å². The molecular weight excluding hydrogens is 472 g/mol. The lowest BCUT2D eigenvalue weighted by Crippen LogP contribution is -2.54. The average Bonchev–Trinajstić information content (AvgIpc) is 3.21. The number of nitro benzene ring substituents is 1. The minimum atomic E-state index is -3.98. The Morgan fingerprint density at radius 1 is 1.03 bits per heavy atom. The van der Waals surface area contributed by atoms with Crippen molar-refractivity contribution in [2.45, 2.75) is 23.5 Å². The Labute approximate surface area is 196 Å². The van der Waals surface area contributed by atoms with Gasteiger partial charge in [-0.1, -0.05) is 11.6 Å². The number of rotatable bonds is 5. The molecule has 2 aliphatic rings. The number of amides is 1. The molecule has 33 heavy (non-hydrogen) atoms. The number of hydrogen-bond donors (Lipinski definition) is 1. The van der Waals surface area contributed by atoms with Crippen LogP contribution in [0.1, 0.15) is 6.42 Å². The fourth-order valence-corrected chi connectivity index (χ4v) is 5.95. The maximum absolute atomic E-state index is 13.2. The van der Waals surface area contributed by atoms with Gasteiger partial charge in [0.1, 0.15) is 6.04 Å². The number of hydrogen-bond acceptors (Lipinski definition) is 7. The van der Waals surface area contributed by atoms with Crippen molar-refractivity contribution in [2.75, 3.05) is 37.6 Å². The molecule has 0 unspecified atom stereocenters. The van der Waals surface area contributed by atoms with E-state index in [2.05, 4.69) is 0 Å². The Bertz CT molecular complexity index is 1130. The summed E-state index contributed by atoms with van der Waals surface area (Å²) < 4.78 is 27.4. The molecule has 1 N–H and O–H groups in total. The summed E-state index contributed by atoms with van der Waals surface area (Å²) >= 11 is 5.86. The zero-order chi connectivity index (χ0) is 23.8. The largest absolute Gasteiger partial charge is 0.392 e. The summed E-state index contributed by atoms with van der Waals surface area (Å²) in [5, 5.41) is 21.4. The monoisotopic (exact) mass is 494 g/mol. The molecule has 0 spiro atoms. The van der Waals surface area contributed by atoms with E-state index in [9.17, 15) is 28.4 Å². The Kier molecular flexibility index (Phi) is 6.57. The van der Waals surface area contributed by atoms with Gasteiger partial charge in [0.15, 0.2) is 0 Å². The first-order valence-electron chi connectivity index (χ1n) is 10.4. The smallest absolute Gasteiger partial charge is 0.269 e. The Morgan fingerprint density at radius 3 is 2.21 bits per heavy atom. The van der Waals surface area contributed by atoms with E-state index in [4.69, 9.17) is 11.6 Å². The van der Waals surface area contributed by atoms with Crippen LogP contribution in [-0.2, 0) is 14.8 Å². The third kappa shape index (κ3) is 4.81. The average molecular weight is 495 g/mol. The summed E-state index contributed by atoms with van der Waals surface area (Å²) in [6.45, 7) is 1.60. The van der Waals surface area contributed by atoms with Crippen LogP contribution in [-0.4, -0.2) is 78.4 Å². The highest BCUT2D eigenvalue weighted by molar-refractivity contribution is 7.89. The third-order valence-electron chi connectivity index (χ3n) is 5.96. The fraction of sp³-hybridized carbons (Fsp3) is 0.381. The van der Waals surface area contributed by atoms with Gasteiger partial charge in [0.05, 0.1) is 15.9 Å². The molecule has 12 heteroatoms. The number of aliphatic hydroxyl groups is 1. The number of non-ortho nitro benzene ring substituents is 1. The fourth-order valence-electron chi connectivity index (χ4n) is 4.20. The Morgan fingerprint density at radius 2 is 1.64 bits per heavy atom. The van der Waals surface area contributed by atoms with Gasteiger partial charge in [-0.15, -0.1) is 0 Å². The number of nitro groups is 1. The number of sulfonamides is 1. The lowest BCUT2D eigenvalue weighted by molar-refractivity contribution is -0.384. The van der Waals surface area contributed by atoms with E-state index < -0.39 is 27.1 Å². The van der Waals surface area contributed by atoms with Crippen LogP contribution in [0.25, 0.3) is 0 Å². The molecule has 2 aromatic carbocycles. The molecule has 2 atom stereocenters. The predicted octanol–water partition coefficient (Wildman–Crippen LogP) is 1.72. The second-order valence-corrected chi connectivity index (χ2v) is 10.3. The van der Waals surface area contributed by atoms with E-state index in [0.717, 1.165) is 9.99 Å². The number of carbonyl (C=O) groups is 1. The van der Waals surface area contributed by atoms with Gasteiger partial charge in [0.2, 0.25) is 15.9 Å². The molecule has 0 aromatic heterocycles. The van der Waals surface area contributed by atoms with Crippen molar-refractivity contribution >= 4 is 38.9 Å². The second-order valence-electron chi connectivity index (χ2n) is 8.02. The van der Waals surface area contributed by atoms with Crippen LogP contribution in [0.4, 0.5) is 11.4 Å². The first-order valence-corrected chi connectivity index (χ1v) is 12.2. The first kappa shape index (κ1) is 23.4. The summed E-state index contributed by atoms with van der Waals surface area (Å²) in [4.78, 5) is 27.3. The molecule has 0 radical (unpaired) electrons. The summed E-state index contributed by atoms with van der Waals surface area (Å²) in [5.74, 6) is -0.340. The predicted molar refractivity (Wildman–Crippen MR) is 122 cm³/mol. The second kappa shape index (κ2) is 9.26. The highest BCUT2D eigenvalue weighted by Crippen LogP contribution is 2.29. The van der Waals surface area contributed by atoms with Gasteiger partial charge in [0, 0.05) is 62.0 Å². The maximum Gasteiger partial charge on any atom is 0.269 e. The standard InChI is InChI=1S/C21H23ClN4O6S/c22-15-1-7-19(8-2-15)33(31,32)25-14-18(27)13-20(25)21(28)24-11-9-23(10-12-24)16-3-5-17(6-4-16)26(29)30/h1-8,18,20,27H,9-14H2/t18-,20-/m0/s1. The van der Waals surface area contributed by atoms with Crippen LogP contribution in [0.3, 0.4) is 0 Å². The molecule has 2 aromatic rings. The third-order valence-corrected chi connectivity index (χ3v) is 8.10. The number of aliphatic hydroxyl groups excluding tert-OH is 1. The van der Waals surface area contributed by atoms with Gasteiger partial charge in [-0.25, -0.2) is 8.42 Å². The van der Waals surface area contributed by atoms with Gasteiger partial charge in [-0.05, 0) is 36.4 Å². The molecular formula is C21H23ClN4O6S. The number of nitrogens with zero attached hydrogens (tertiary/aromatic N) is 4. The van der Waals surface area contributed by atoms with Crippen molar-refractivity contribution in [2.24, 2.45) is 0 Å². The van der Waals surface area contributed by atoms with E-state index in [1.807, 2.05) is 4.90 Å². The lowest BCUT2D eigenvalue weighted by Gasteiger charge is -2.38. The van der Waals surface area contributed by atoms with Crippen LogP contribution in [0.2, 0.25) is 5.02 Å². The van der Waals surface area contributed by atoms with Gasteiger partial charge >= 0.3 is 0 Å². The lowest BCUT2D eigenvalue weighted by atomic mass is 10.1. The highest BCUT2D eigenvalue weighted by atomic mass is 35.5. The van der Waals surface area contributed by atoms with E-state index in [-0.39, 0.29) is 29.5 Å². The minimum Gasteiger partial charge on any atom is -0.392 e. The van der Waals surface area contributed by atoms with Crippen molar-refractivity contribution in [1.29, 1.82) is 0 Å². The molecule has 0 bridgehead atoms. The van der Waals surface area contributed by atoms with Crippen LogP contribution < -0.4 is 4.90 Å². The normalized spacial score (nSPS) is 21.9. The summed E-state index contributed by atoms with van der Waals surface area (Å²) in [7, 11) is -3.98. The number of anilines is 1. The van der Waals surface area contributed by atoms with Crippen molar-refractivity contribution in [3.8, 4) is 0 Å². The highest BCUT2D eigenvalue weighted by Gasteiger charge is 2.45. The van der Waals surface area contributed by atoms with Gasteiger partial charge in [0.25, 0.3) is 5.69 Å². The number of piperazine rings is 1.